The molecule has 212 valence electrons. The van der Waals surface area contributed by atoms with E-state index in [0.717, 1.165) is 22.7 Å². The first-order valence-corrected chi connectivity index (χ1v) is 11.8. The summed E-state index contributed by atoms with van der Waals surface area (Å²) in [6, 6.07) is 12.9. The van der Waals surface area contributed by atoms with E-state index in [0.29, 0.717) is 25.0 Å². The zero-order chi connectivity index (χ0) is 29.0. The van der Waals surface area contributed by atoms with E-state index >= 15 is 0 Å². The standard InChI is InChI=1S/C21H23N3O.2C2HF3O2/c25-21(24-12-17-2-1-9-22-20(17)13-24)16-7-5-15(6-8-16)18-10-19(18)23-11-14-3-4-14;2*3-2(4,5)1(6)7/h1-2,5-9,14,18-19,23H,3-4,10-13H2;2*(H,6,7). The number of carboxylic acid groups (broad SMARTS) is 2. The molecule has 14 heteroatoms. The van der Waals surface area contributed by atoms with Gasteiger partial charge in [-0.15, -0.1) is 0 Å². The molecule has 2 unspecified atom stereocenters. The van der Waals surface area contributed by atoms with E-state index in [1.165, 1.54) is 31.4 Å². The largest absolute Gasteiger partial charge is 0.490 e. The van der Waals surface area contributed by atoms with Crippen molar-refractivity contribution in [1.82, 2.24) is 15.2 Å². The number of rotatable bonds is 5. The molecule has 2 fully saturated rings. The van der Waals surface area contributed by atoms with E-state index in [1.807, 2.05) is 23.1 Å². The highest BCUT2D eigenvalue weighted by Gasteiger charge is 2.40. The van der Waals surface area contributed by atoms with Gasteiger partial charge in [-0.1, -0.05) is 18.2 Å². The van der Waals surface area contributed by atoms with E-state index in [1.54, 1.807) is 6.20 Å². The molecule has 0 saturated heterocycles. The van der Waals surface area contributed by atoms with Crippen LogP contribution in [-0.4, -0.2) is 62.9 Å². The zero-order valence-corrected chi connectivity index (χ0v) is 20.3. The van der Waals surface area contributed by atoms with Gasteiger partial charge in [0.05, 0.1) is 12.2 Å². The number of pyridine rings is 1. The number of alkyl halides is 6. The summed E-state index contributed by atoms with van der Waals surface area (Å²) in [6.45, 7) is 2.47. The Balaban J connectivity index is 0.000000251. The predicted molar refractivity (Wildman–Crippen MR) is 124 cm³/mol. The Kier molecular flexibility index (Phi) is 9.20. The van der Waals surface area contributed by atoms with Crippen molar-refractivity contribution in [2.75, 3.05) is 6.54 Å². The van der Waals surface area contributed by atoms with Crippen LogP contribution in [0.1, 0.15) is 52.4 Å². The lowest BCUT2D eigenvalue weighted by Gasteiger charge is -2.15. The highest BCUT2D eigenvalue weighted by molar-refractivity contribution is 5.94. The monoisotopic (exact) mass is 561 g/mol. The third-order valence-electron chi connectivity index (χ3n) is 6.20. The number of benzene rings is 1. The first-order valence-electron chi connectivity index (χ1n) is 11.8. The Morgan fingerprint density at radius 1 is 0.923 bits per heavy atom. The molecule has 2 saturated carbocycles. The van der Waals surface area contributed by atoms with Crippen LogP contribution in [0.3, 0.4) is 0 Å². The normalized spacial score (nSPS) is 19.6. The SMILES string of the molecule is O=C(O)C(F)(F)F.O=C(O)C(F)(F)F.O=C(c1ccc(C2CC2NCC2CC2)cc1)N1Cc2cccnc2C1. The minimum atomic E-state index is -5.08. The topological polar surface area (TPSA) is 120 Å². The molecule has 39 heavy (non-hydrogen) atoms. The lowest BCUT2D eigenvalue weighted by atomic mass is 10.1. The van der Waals surface area contributed by atoms with Crippen molar-refractivity contribution in [3.8, 4) is 0 Å². The summed E-state index contributed by atoms with van der Waals surface area (Å²) in [5, 5.41) is 17.9. The second kappa shape index (κ2) is 12.0. The van der Waals surface area contributed by atoms with Crippen LogP contribution in [0, 0.1) is 5.92 Å². The molecule has 1 aromatic heterocycles. The van der Waals surface area contributed by atoms with Crippen molar-refractivity contribution >= 4 is 17.8 Å². The molecule has 2 aromatic rings. The second-order valence-corrected chi connectivity index (χ2v) is 9.30. The second-order valence-electron chi connectivity index (χ2n) is 9.30. The van der Waals surface area contributed by atoms with Crippen LogP contribution in [0.25, 0.3) is 0 Å². The Labute approximate surface area is 218 Å². The van der Waals surface area contributed by atoms with Crippen LogP contribution in [0.5, 0.6) is 0 Å². The molecule has 2 aliphatic carbocycles. The molecule has 0 radical (unpaired) electrons. The quantitative estimate of drug-likeness (QED) is 0.464. The highest BCUT2D eigenvalue weighted by Crippen LogP contribution is 2.41. The fraction of sp³-hybridized carbons (Fsp3) is 0.440. The lowest BCUT2D eigenvalue weighted by Crippen LogP contribution is -2.25. The number of carbonyl (C=O) groups excluding carboxylic acids is 1. The molecule has 1 aliphatic heterocycles. The van der Waals surface area contributed by atoms with Crippen molar-refractivity contribution < 1.29 is 50.9 Å². The molecule has 5 rings (SSSR count). The number of aromatic nitrogens is 1. The van der Waals surface area contributed by atoms with E-state index < -0.39 is 24.3 Å². The van der Waals surface area contributed by atoms with Crippen molar-refractivity contribution in [3.63, 3.8) is 0 Å². The molecule has 1 amide bonds. The number of nitrogens with one attached hydrogen (secondary N) is 1. The van der Waals surface area contributed by atoms with Gasteiger partial charge in [-0.05, 0) is 61.1 Å². The van der Waals surface area contributed by atoms with Gasteiger partial charge >= 0.3 is 24.3 Å². The molecular formula is C25H25F6N3O5. The van der Waals surface area contributed by atoms with Crippen LogP contribution in [-0.2, 0) is 22.7 Å². The molecule has 0 spiro atoms. The first-order chi connectivity index (χ1) is 18.2. The first kappa shape index (κ1) is 29.9. The van der Waals surface area contributed by atoms with Gasteiger partial charge < -0.3 is 20.4 Å². The van der Waals surface area contributed by atoms with E-state index in [2.05, 4.69) is 28.5 Å². The molecule has 3 aliphatic rings. The fourth-order valence-corrected chi connectivity index (χ4v) is 3.83. The maximum atomic E-state index is 12.7. The Morgan fingerprint density at radius 2 is 1.49 bits per heavy atom. The lowest BCUT2D eigenvalue weighted by molar-refractivity contribution is -0.193. The van der Waals surface area contributed by atoms with Crippen molar-refractivity contribution in [3.05, 3.63) is 65.0 Å². The molecule has 2 atom stereocenters. The number of aliphatic carboxylic acids is 2. The Bertz CT molecular complexity index is 1130. The Morgan fingerprint density at radius 3 is 1.97 bits per heavy atom. The average Bonchev–Trinajstić information content (AvgIpc) is 3.78. The van der Waals surface area contributed by atoms with Gasteiger partial charge in [-0.3, -0.25) is 9.78 Å². The van der Waals surface area contributed by atoms with Crippen molar-refractivity contribution in [1.29, 1.82) is 0 Å². The summed E-state index contributed by atoms with van der Waals surface area (Å²) < 4.78 is 63.5. The van der Waals surface area contributed by atoms with Gasteiger partial charge in [0.2, 0.25) is 0 Å². The third-order valence-corrected chi connectivity index (χ3v) is 6.20. The van der Waals surface area contributed by atoms with Gasteiger partial charge in [0.1, 0.15) is 0 Å². The summed E-state index contributed by atoms with van der Waals surface area (Å²) in [4.78, 5) is 36.8. The van der Waals surface area contributed by atoms with E-state index in [-0.39, 0.29) is 5.91 Å². The van der Waals surface area contributed by atoms with Crippen LogP contribution in [0.15, 0.2) is 42.6 Å². The van der Waals surface area contributed by atoms with Crippen molar-refractivity contribution in [2.24, 2.45) is 5.92 Å². The fourth-order valence-electron chi connectivity index (χ4n) is 3.83. The third kappa shape index (κ3) is 8.94. The highest BCUT2D eigenvalue weighted by atomic mass is 19.4. The summed E-state index contributed by atoms with van der Waals surface area (Å²) >= 11 is 0. The maximum Gasteiger partial charge on any atom is 0.490 e. The molecule has 1 aromatic carbocycles. The average molecular weight is 561 g/mol. The molecule has 8 nitrogen and oxygen atoms in total. The van der Waals surface area contributed by atoms with Crippen LogP contribution in [0.4, 0.5) is 26.3 Å². The molecular weight excluding hydrogens is 536 g/mol. The Hall–Kier alpha value is -3.68. The van der Waals surface area contributed by atoms with Crippen molar-refractivity contribution in [2.45, 2.75) is 56.7 Å². The van der Waals surface area contributed by atoms with Gasteiger partial charge in [0, 0.05) is 30.3 Å². The smallest absolute Gasteiger partial charge is 0.475 e. The van der Waals surface area contributed by atoms with E-state index in [4.69, 9.17) is 19.8 Å². The molecule has 3 N–H and O–H groups in total. The van der Waals surface area contributed by atoms with Gasteiger partial charge in [0.15, 0.2) is 0 Å². The molecule has 0 bridgehead atoms. The van der Waals surface area contributed by atoms with E-state index in [9.17, 15) is 31.1 Å². The minimum Gasteiger partial charge on any atom is -0.475 e. The number of fused-ring (bicyclic) bond motifs is 1. The maximum absolute atomic E-state index is 12.7. The summed E-state index contributed by atoms with van der Waals surface area (Å²) in [6.07, 6.45) is -4.34. The summed E-state index contributed by atoms with van der Waals surface area (Å²) in [7, 11) is 0. The van der Waals surface area contributed by atoms with Crippen LogP contribution >= 0.6 is 0 Å². The zero-order valence-electron chi connectivity index (χ0n) is 20.3. The number of nitrogens with zero attached hydrogens (tertiary/aromatic N) is 2. The van der Waals surface area contributed by atoms with Crippen LogP contribution in [0.2, 0.25) is 0 Å². The predicted octanol–water partition coefficient (Wildman–Crippen LogP) is 4.36. The number of carbonyl (C=O) groups is 3. The number of carboxylic acids is 2. The minimum absolute atomic E-state index is 0.101. The van der Waals surface area contributed by atoms with Gasteiger partial charge in [-0.25, -0.2) is 9.59 Å². The van der Waals surface area contributed by atoms with Gasteiger partial charge in [0.25, 0.3) is 5.91 Å². The van der Waals surface area contributed by atoms with Gasteiger partial charge in [-0.2, -0.15) is 26.3 Å². The number of hydrogen-bond donors (Lipinski definition) is 3. The number of hydrogen-bond acceptors (Lipinski definition) is 5. The summed E-state index contributed by atoms with van der Waals surface area (Å²) in [5.74, 6) is -3.85. The number of amides is 1. The summed E-state index contributed by atoms with van der Waals surface area (Å²) in [5.41, 5.74) is 4.32. The van der Waals surface area contributed by atoms with Crippen LogP contribution < -0.4 is 5.32 Å². The number of halogens is 6. The molecule has 2 heterocycles.